The summed E-state index contributed by atoms with van der Waals surface area (Å²) in [6.45, 7) is 1.57. The summed E-state index contributed by atoms with van der Waals surface area (Å²) in [5, 5.41) is 3.52. The van der Waals surface area contributed by atoms with Gasteiger partial charge in [0.15, 0.2) is 0 Å². The number of methoxy groups -OCH3 is 1. The number of carbonyl (C=O) groups excluding carboxylic acids is 3. The second-order valence-corrected chi connectivity index (χ2v) is 6.98. The van der Waals surface area contributed by atoms with E-state index in [0.29, 0.717) is 5.56 Å². The van der Waals surface area contributed by atoms with Crippen LogP contribution in [0.4, 0.5) is 0 Å². The molecule has 0 radical (unpaired) electrons. The Kier molecular flexibility index (Phi) is 4.80. The number of ether oxygens (including phenoxy) is 1. The maximum atomic E-state index is 13.1. The maximum Gasteiger partial charge on any atom is 0.325 e. The Hall–Kier alpha value is -3.61. The summed E-state index contributed by atoms with van der Waals surface area (Å²) in [5.74, 6) is -1.17. The molecule has 29 heavy (non-hydrogen) atoms. The lowest BCUT2D eigenvalue weighted by atomic mass is 9.95. The minimum absolute atomic E-state index is 0.159. The number of rotatable bonds is 5. The number of benzene rings is 2. The summed E-state index contributed by atoms with van der Waals surface area (Å²) in [6.07, 6.45) is 0. The molecule has 2 heterocycles. The van der Waals surface area contributed by atoms with Crippen LogP contribution in [0.2, 0.25) is 0 Å². The number of para-hydroxylation sites is 1. The summed E-state index contributed by atoms with van der Waals surface area (Å²) >= 11 is 0. The minimum atomic E-state index is -0.543. The van der Waals surface area contributed by atoms with Crippen LogP contribution in [0.3, 0.4) is 0 Å². The van der Waals surface area contributed by atoms with Crippen molar-refractivity contribution in [3.05, 3.63) is 70.9 Å². The molecule has 3 aromatic rings. The second-order valence-electron chi connectivity index (χ2n) is 6.98. The lowest BCUT2D eigenvalue weighted by Crippen LogP contribution is -2.41. The molecule has 148 valence electrons. The molecule has 1 atom stereocenters. The van der Waals surface area contributed by atoms with Gasteiger partial charge in [-0.1, -0.05) is 36.4 Å². The zero-order chi connectivity index (χ0) is 20.5. The highest BCUT2D eigenvalue weighted by Crippen LogP contribution is 2.42. The first kappa shape index (κ1) is 18.7. The third kappa shape index (κ3) is 3.24. The Bertz CT molecular complexity index is 1120. The monoisotopic (exact) mass is 391 g/mol. The predicted molar refractivity (Wildman–Crippen MR) is 107 cm³/mol. The topological polar surface area (TPSA) is 91.5 Å². The van der Waals surface area contributed by atoms with E-state index in [4.69, 9.17) is 0 Å². The molecule has 7 heteroatoms. The molecule has 0 aliphatic carbocycles. The normalized spacial score (nSPS) is 15.4. The summed E-state index contributed by atoms with van der Waals surface area (Å²) in [7, 11) is 1.25. The quantitative estimate of drug-likeness (QED) is 0.653. The van der Waals surface area contributed by atoms with Gasteiger partial charge in [0, 0.05) is 27.7 Å². The van der Waals surface area contributed by atoms with E-state index >= 15 is 0 Å². The third-order valence-electron chi connectivity index (χ3n) is 5.25. The van der Waals surface area contributed by atoms with Crippen molar-refractivity contribution in [3.8, 4) is 0 Å². The van der Waals surface area contributed by atoms with E-state index in [1.165, 1.54) is 7.11 Å². The Morgan fingerprint density at radius 2 is 1.86 bits per heavy atom. The molecule has 4 rings (SSSR count). The smallest absolute Gasteiger partial charge is 0.325 e. The Balaban J connectivity index is 1.74. The van der Waals surface area contributed by atoms with Gasteiger partial charge in [-0.25, -0.2) is 0 Å². The molecule has 1 aliphatic rings. The average molecular weight is 391 g/mol. The number of aromatic amines is 1. The zero-order valence-electron chi connectivity index (χ0n) is 16.2. The van der Waals surface area contributed by atoms with E-state index in [-0.39, 0.29) is 19.0 Å². The molecule has 0 fully saturated rings. The van der Waals surface area contributed by atoms with E-state index in [1.54, 1.807) is 11.0 Å². The number of nitrogens with one attached hydrogen (secondary N) is 2. The maximum absolute atomic E-state index is 13.1. The van der Waals surface area contributed by atoms with Gasteiger partial charge >= 0.3 is 5.97 Å². The summed E-state index contributed by atoms with van der Waals surface area (Å²) in [4.78, 5) is 41.8. The fraction of sp³-hybridized carbons (Fsp3) is 0.227. The Morgan fingerprint density at radius 3 is 2.66 bits per heavy atom. The van der Waals surface area contributed by atoms with Crippen molar-refractivity contribution in [3.63, 3.8) is 0 Å². The van der Waals surface area contributed by atoms with Crippen LogP contribution < -0.4 is 5.32 Å². The van der Waals surface area contributed by atoms with Gasteiger partial charge in [-0.3, -0.25) is 14.4 Å². The van der Waals surface area contributed by atoms with Gasteiger partial charge in [-0.05, 0) is 24.6 Å². The van der Waals surface area contributed by atoms with Crippen molar-refractivity contribution in [1.29, 1.82) is 0 Å². The van der Waals surface area contributed by atoms with E-state index in [2.05, 4.69) is 15.0 Å². The van der Waals surface area contributed by atoms with Gasteiger partial charge in [0.1, 0.15) is 13.1 Å². The molecule has 0 saturated heterocycles. The van der Waals surface area contributed by atoms with Crippen LogP contribution in [0.1, 0.15) is 33.2 Å². The fourth-order valence-electron chi connectivity index (χ4n) is 3.95. The van der Waals surface area contributed by atoms with Gasteiger partial charge in [0.25, 0.3) is 5.91 Å². The number of nitrogens with zero attached hydrogens (tertiary/aromatic N) is 1. The summed E-state index contributed by atoms with van der Waals surface area (Å²) in [5.41, 5.74) is 4.35. The average Bonchev–Trinajstić information content (AvgIpc) is 3.20. The number of amides is 2. The number of hydrogen-bond acceptors (Lipinski definition) is 4. The highest BCUT2D eigenvalue weighted by molar-refractivity contribution is 6.02. The number of esters is 1. The largest absolute Gasteiger partial charge is 0.468 e. The van der Waals surface area contributed by atoms with E-state index in [1.807, 2.05) is 49.4 Å². The first-order valence-corrected chi connectivity index (χ1v) is 9.32. The highest BCUT2D eigenvalue weighted by atomic mass is 16.5. The predicted octanol–water partition coefficient (Wildman–Crippen LogP) is 2.31. The fourth-order valence-corrected chi connectivity index (χ4v) is 3.95. The van der Waals surface area contributed by atoms with Crippen LogP contribution in [0.5, 0.6) is 0 Å². The number of fused-ring (bicyclic) bond motifs is 2. The van der Waals surface area contributed by atoms with Crippen LogP contribution >= 0.6 is 0 Å². The van der Waals surface area contributed by atoms with Crippen molar-refractivity contribution in [2.75, 3.05) is 20.2 Å². The van der Waals surface area contributed by atoms with Crippen molar-refractivity contribution in [2.45, 2.75) is 13.0 Å². The molecule has 0 bridgehead atoms. The molecule has 1 aliphatic heterocycles. The first-order valence-electron chi connectivity index (χ1n) is 9.32. The first-order chi connectivity index (χ1) is 14.0. The molecule has 2 aromatic carbocycles. The standard InChI is InChI=1S/C22H21N3O4/c1-13-20(16-9-5-6-10-17(16)24-13)21-14-7-3-4-8-15(14)22(28)25(21)12-18(26)23-11-19(27)29-2/h3-10,21,24H,11-12H2,1-2H3,(H,23,26). The van der Waals surface area contributed by atoms with Crippen LogP contribution in [0, 0.1) is 6.92 Å². The SMILES string of the molecule is COC(=O)CNC(=O)CN1C(=O)c2ccccc2C1c1c(C)[nH]c2ccccc12. The van der Waals surface area contributed by atoms with Crippen molar-refractivity contribution >= 4 is 28.7 Å². The van der Waals surface area contributed by atoms with Crippen LogP contribution in [0.15, 0.2) is 48.5 Å². The molecule has 2 amide bonds. The number of hydrogen-bond donors (Lipinski definition) is 2. The van der Waals surface area contributed by atoms with Gasteiger partial charge in [-0.15, -0.1) is 0 Å². The second kappa shape index (κ2) is 7.43. The van der Waals surface area contributed by atoms with Gasteiger partial charge in [-0.2, -0.15) is 0 Å². The van der Waals surface area contributed by atoms with Gasteiger partial charge in [0.05, 0.1) is 13.2 Å². The van der Waals surface area contributed by atoms with Gasteiger partial charge < -0.3 is 19.9 Å². The molecular formula is C22H21N3O4. The third-order valence-corrected chi connectivity index (χ3v) is 5.25. The lowest BCUT2D eigenvalue weighted by Gasteiger charge is -2.25. The molecule has 0 spiro atoms. The zero-order valence-corrected chi connectivity index (χ0v) is 16.2. The molecule has 2 N–H and O–H groups in total. The Labute approximate surface area is 167 Å². The minimum Gasteiger partial charge on any atom is -0.468 e. The van der Waals surface area contributed by atoms with Crippen LogP contribution in [-0.4, -0.2) is 47.9 Å². The molecule has 1 unspecified atom stereocenters. The van der Waals surface area contributed by atoms with E-state index in [9.17, 15) is 14.4 Å². The van der Waals surface area contributed by atoms with E-state index in [0.717, 1.165) is 27.7 Å². The molecule has 1 aromatic heterocycles. The van der Waals surface area contributed by atoms with Crippen molar-refractivity contribution < 1.29 is 19.1 Å². The number of carbonyl (C=O) groups is 3. The van der Waals surface area contributed by atoms with Crippen molar-refractivity contribution in [2.24, 2.45) is 0 Å². The lowest BCUT2D eigenvalue weighted by molar-refractivity contribution is -0.141. The summed E-state index contributed by atoms with van der Waals surface area (Å²) in [6, 6.07) is 14.9. The number of aryl methyl sites for hydroxylation is 1. The Morgan fingerprint density at radius 1 is 1.14 bits per heavy atom. The van der Waals surface area contributed by atoms with Gasteiger partial charge in [0.2, 0.25) is 5.91 Å². The van der Waals surface area contributed by atoms with Crippen LogP contribution in [0.25, 0.3) is 10.9 Å². The van der Waals surface area contributed by atoms with Crippen molar-refractivity contribution in [1.82, 2.24) is 15.2 Å². The highest BCUT2D eigenvalue weighted by Gasteiger charge is 2.40. The molecule has 0 saturated carbocycles. The van der Waals surface area contributed by atoms with E-state index < -0.39 is 17.9 Å². The molecule has 7 nitrogen and oxygen atoms in total. The number of aromatic nitrogens is 1. The molecular weight excluding hydrogens is 370 g/mol. The van der Waals surface area contributed by atoms with Crippen LogP contribution in [-0.2, 0) is 14.3 Å². The number of H-pyrrole nitrogens is 1. The summed E-state index contributed by atoms with van der Waals surface area (Å²) < 4.78 is 4.55.